The number of nitrogens with one attached hydrogen (secondary N) is 1. The number of hydrogen-bond donors (Lipinski definition) is 1. The topological polar surface area (TPSA) is 33.7 Å². The van der Waals surface area contributed by atoms with E-state index in [0.29, 0.717) is 0 Å². The van der Waals surface area contributed by atoms with Crippen molar-refractivity contribution in [2.24, 2.45) is 5.92 Å². The molecule has 0 radical (unpaired) electrons. The van der Waals surface area contributed by atoms with Crippen LogP contribution in [-0.4, -0.2) is 39.9 Å². The third-order valence-corrected chi connectivity index (χ3v) is 4.10. The fraction of sp³-hybridized carbons (Fsp3) is 0.625. The second-order valence-electron chi connectivity index (χ2n) is 5.65. The Kier molecular flexibility index (Phi) is 4.31. The van der Waals surface area contributed by atoms with Crippen molar-refractivity contribution in [3.05, 3.63) is 18.2 Å². The van der Waals surface area contributed by atoms with E-state index in [1.54, 1.807) is 7.11 Å². The highest BCUT2D eigenvalue weighted by Gasteiger charge is 2.21. The maximum Gasteiger partial charge on any atom is 0.142 e. The van der Waals surface area contributed by atoms with Crippen LogP contribution in [-0.2, 0) is 0 Å². The van der Waals surface area contributed by atoms with Crippen molar-refractivity contribution in [2.75, 3.05) is 44.8 Å². The van der Waals surface area contributed by atoms with Gasteiger partial charge in [-0.05, 0) is 24.5 Å². The summed E-state index contributed by atoms with van der Waals surface area (Å²) < 4.78 is 11.4. The maximum absolute atomic E-state index is 6.02. The second-order valence-corrected chi connectivity index (χ2v) is 5.65. The fourth-order valence-corrected chi connectivity index (χ4v) is 2.64. The molecule has 3 rings (SSSR count). The third-order valence-electron chi connectivity index (χ3n) is 4.10. The predicted molar refractivity (Wildman–Crippen MR) is 80.9 cm³/mol. The van der Waals surface area contributed by atoms with Gasteiger partial charge in [0.2, 0.25) is 0 Å². The average Bonchev–Trinajstić information content (AvgIpc) is 3.33. The molecule has 1 saturated carbocycles. The number of anilines is 1. The van der Waals surface area contributed by atoms with Crippen LogP contribution in [0.3, 0.4) is 0 Å². The number of piperazine rings is 1. The lowest BCUT2D eigenvalue weighted by Crippen LogP contribution is -2.43. The first-order valence-electron chi connectivity index (χ1n) is 7.63. The Morgan fingerprint density at radius 1 is 1.25 bits per heavy atom. The summed E-state index contributed by atoms with van der Waals surface area (Å²) in [6, 6.07) is 6.12. The van der Waals surface area contributed by atoms with Crippen LogP contribution in [0.2, 0.25) is 0 Å². The molecule has 4 heteroatoms. The lowest BCUT2D eigenvalue weighted by atomic mass is 10.2. The molecule has 1 aromatic carbocycles. The van der Waals surface area contributed by atoms with E-state index in [1.165, 1.54) is 24.9 Å². The van der Waals surface area contributed by atoms with Crippen molar-refractivity contribution in [1.82, 2.24) is 5.32 Å². The number of nitrogens with zero attached hydrogens (tertiary/aromatic N) is 1. The first-order chi connectivity index (χ1) is 9.86. The summed E-state index contributed by atoms with van der Waals surface area (Å²) in [5.74, 6) is 2.80. The predicted octanol–water partition coefficient (Wildman–Crippen LogP) is 2.28. The summed E-state index contributed by atoms with van der Waals surface area (Å²) in [5.41, 5.74) is 1.17. The Bertz CT molecular complexity index is 440. The molecule has 0 atom stereocenters. The molecule has 0 aromatic heterocycles. The quantitative estimate of drug-likeness (QED) is 0.864. The van der Waals surface area contributed by atoms with Crippen LogP contribution in [0.5, 0.6) is 11.5 Å². The average molecular weight is 276 g/mol. The molecule has 0 unspecified atom stereocenters. The summed E-state index contributed by atoms with van der Waals surface area (Å²) in [7, 11) is 1.71. The van der Waals surface area contributed by atoms with Gasteiger partial charge in [0.1, 0.15) is 11.5 Å². The Labute approximate surface area is 121 Å². The minimum atomic E-state index is 0.829. The van der Waals surface area contributed by atoms with E-state index >= 15 is 0 Å². The van der Waals surface area contributed by atoms with E-state index < -0.39 is 0 Å². The fourth-order valence-electron chi connectivity index (χ4n) is 2.64. The molecule has 20 heavy (non-hydrogen) atoms. The second kappa shape index (κ2) is 6.35. The Hall–Kier alpha value is -1.42. The van der Waals surface area contributed by atoms with Gasteiger partial charge in [-0.2, -0.15) is 0 Å². The molecular weight excluding hydrogens is 252 g/mol. The smallest absolute Gasteiger partial charge is 0.142 e. The maximum atomic E-state index is 6.02. The molecule has 4 nitrogen and oxygen atoms in total. The summed E-state index contributed by atoms with van der Waals surface area (Å²) in [6.45, 7) is 4.92. The van der Waals surface area contributed by atoms with Crippen LogP contribution in [0.1, 0.15) is 19.3 Å². The lowest BCUT2D eigenvalue weighted by Gasteiger charge is -2.31. The van der Waals surface area contributed by atoms with E-state index in [4.69, 9.17) is 9.47 Å². The summed E-state index contributed by atoms with van der Waals surface area (Å²) in [4.78, 5) is 2.38. The van der Waals surface area contributed by atoms with Crippen molar-refractivity contribution in [2.45, 2.75) is 19.3 Å². The Balaban J connectivity index is 1.71. The highest BCUT2D eigenvalue weighted by atomic mass is 16.5. The van der Waals surface area contributed by atoms with Crippen molar-refractivity contribution in [3.8, 4) is 11.5 Å². The molecule has 0 spiro atoms. The Morgan fingerprint density at radius 2 is 2.05 bits per heavy atom. The van der Waals surface area contributed by atoms with E-state index in [-0.39, 0.29) is 0 Å². The molecule has 2 fully saturated rings. The number of ether oxygens (including phenoxy) is 2. The van der Waals surface area contributed by atoms with E-state index in [1.807, 2.05) is 12.1 Å². The first-order valence-corrected chi connectivity index (χ1v) is 7.63. The molecule has 2 aliphatic rings. The SMILES string of the molecule is COc1ccc(OCCC2CC2)c(N2CCNCC2)c1. The van der Waals surface area contributed by atoms with Gasteiger partial charge in [-0.25, -0.2) is 0 Å². The van der Waals surface area contributed by atoms with Crippen molar-refractivity contribution in [1.29, 1.82) is 0 Å². The molecule has 1 heterocycles. The zero-order valence-corrected chi connectivity index (χ0v) is 12.2. The molecule has 1 aliphatic carbocycles. The number of benzene rings is 1. The van der Waals surface area contributed by atoms with Crippen LogP contribution in [0.4, 0.5) is 5.69 Å². The van der Waals surface area contributed by atoms with Gasteiger partial charge in [-0.1, -0.05) is 12.8 Å². The summed E-state index contributed by atoms with van der Waals surface area (Å²) in [5, 5.41) is 3.39. The number of hydrogen-bond acceptors (Lipinski definition) is 4. The van der Waals surface area contributed by atoms with Gasteiger partial charge in [-0.3, -0.25) is 0 Å². The van der Waals surface area contributed by atoms with Crippen molar-refractivity contribution >= 4 is 5.69 Å². The van der Waals surface area contributed by atoms with Crippen LogP contribution in [0.25, 0.3) is 0 Å². The highest BCUT2D eigenvalue weighted by Crippen LogP contribution is 2.35. The zero-order valence-electron chi connectivity index (χ0n) is 12.2. The Morgan fingerprint density at radius 3 is 2.75 bits per heavy atom. The molecule has 0 bridgehead atoms. The van der Waals surface area contributed by atoms with Gasteiger partial charge in [0.05, 0.1) is 19.4 Å². The normalized spacial score (nSPS) is 18.9. The monoisotopic (exact) mass is 276 g/mol. The molecular formula is C16H24N2O2. The van der Waals surface area contributed by atoms with Gasteiger partial charge in [0.15, 0.2) is 0 Å². The van der Waals surface area contributed by atoms with Crippen LogP contribution in [0.15, 0.2) is 18.2 Å². The minimum absolute atomic E-state index is 0.829. The minimum Gasteiger partial charge on any atom is -0.497 e. The van der Waals surface area contributed by atoms with Crippen molar-refractivity contribution < 1.29 is 9.47 Å². The van der Waals surface area contributed by atoms with Gasteiger partial charge >= 0.3 is 0 Å². The molecule has 110 valence electrons. The highest BCUT2D eigenvalue weighted by molar-refractivity contribution is 5.62. The zero-order chi connectivity index (χ0) is 13.8. The number of rotatable bonds is 6. The summed E-state index contributed by atoms with van der Waals surface area (Å²) >= 11 is 0. The molecule has 1 aliphatic heterocycles. The van der Waals surface area contributed by atoms with E-state index in [2.05, 4.69) is 16.3 Å². The number of methoxy groups -OCH3 is 1. The standard InChI is InChI=1S/C16H24N2O2/c1-19-14-4-5-16(20-11-6-13-2-3-13)15(12-14)18-9-7-17-8-10-18/h4-5,12-13,17H,2-3,6-11H2,1H3. The largest absolute Gasteiger partial charge is 0.497 e. The first kappa shape index (κ1) is 13.6. The van der Waals surface area contributed by atoms with Crippen LogP contribution in [0, 0.1) is 5.92 Å². The van der Waals surface area contributed by atoms with Gasteiger partial charge in [0.25, 0.3) is 0 Å². The molecule has 1 saturated heterocycles. The molecule has 1 N–H and O–H groups in total. The van der Waals surface area contributed by atoms with Gasteiger partial charge in [0, 0.05) is 32.2 Å². The van der Waals surface area contributed by atoms with Crippen molar-refractivity contribution in [3.63, 3.8) is 0 Å². The van der Waals surface area contributed by atoms with Gasteiger partial charge in [-0.15, -0.1) is 0 Å². The lowest BCUT2D eigenvalue weighted by molar-refractivity contribution is 0.301. The van der Waals surface area contributed by atoms with Crippen LogP contribution >= 0.6 is 0 Å². The van der Waals surface area contributed by atoms with Crippen LogP contribution < -0.4 is 19.7 Å². The van der Waals surface area contributed by atoms with E-state index in [0.717, 1.165) is 50.2 Å². The molecule has 0 amide bonds. The third kappa shape index (κ3) is 3.37. The molecule has 1 aromatic rings. The van der Waals surface area contributed by atoms with Gasteiger partial charge < -0.3 is 19.7 Å². The summed E-state index contributed by atoms with van der Waals surface area (Å²) in [6.07, 6.45) is 3.96. The van der Waals surface area contributed by atoms with E-state index in [9.17, 15) is 0 Å².